The fourth-order valence-corrected chi connectivity index (χ4v) is 3.01. The smallest absolute Gasteiger partial charge is 0.305 e. The van der Waals surface area contributed by atoms with Gasteiger partial charge in [0.2, 0.25) is 0 Å². The predicted molar refractivity (Wildman–Crippen MR) is 102 cm³/mol. The minimum absolute atomic E-state index is 0.0286. The van der Waals surface area contributed by atoms with Gasteiger partial charge in [0.05, 0.1) is 12.7 Å². The third kappa shape index (κ3) is 17.8. The van der Waals surface area contributed by atoms with Crippen LogP contribution in [0.4, 0.5) is 0 Å². The number of esters is 1. The second kappa shape index (κ2) is 18.8. The highest BCUT2D eigenvalue weighted by Crippen LogP contribution is 2.14. The first-order valence-corrected chi connectivity index (χ1v) is 10.5. The molecule has 144 valence electrons. The van der Waals surface area contributed by atoms with E-state index in [-0.39, 0.29) is 12.1 Å². The minimum atomic E-state index is -0.0662. The van der Waals surface area contributed by atoms with Crippen LogP contribution in [0.1, 0.15) is 117 Å². The van der Waals surface area contributed by atoms with Gasteiger partial charge in [0.25, 0.3) is 0 Å². The molecule has 24 heavy (non-hydrogen) atoms. The van der Waals surface area contributed by atoms with Crippen LogP contribution in [-0.2, 0) is 9.53 Å². The maximum Gasteiger partial charge on any atom is 0.305 e. The number of hydrogen-bond donors (Lipinski definition) is 1. The van der Waals surface area contributed by atoms with E-state index in [4.69, 9.17) is 4.74 Å². The van der Waals surface area contributed by atoms with Crippen LogP contribution >= 0.6 is 0 Å². The number of carbonyl (C=O) groups is 1. The molecule has 0 aliphatic rings. The molecule has 0 bridgehead atoms. The molecule has 0 saturated heterocycles. The van der Waals surface area contributed by atoms with E-state index in [0.29, 0.717) is 13.0 Å². The summed E-state index contributed by atoms with van der Waals surface area (Å²) in [5.74, 6) is -0.0286. The quantitative estimate of drug-likeness (QED) is 0.239. The fraction of sp³-hybridized carbons (Fsp3) is 0.952. The molecule has 0 aromatic rings. The van der Waals surface area contributed by atoms with Crippen LogP contribution < -0.4 is 0 Å². The van der Waals surface area contributed by atoms with Gasteiger partial charge in [0.1, 0.15) is 0 Å². The summed E-state index contributed by atoms with van der Waals surface area (Å²) in [6.45, 7) is 4.72. The Labute approximate surface area is 150 Å². The maximum atomic E-state index is 11.3. The summed E-state index contributed by atoms with van der Waals surface area (Å²) in [6, 6.07) is 0. The van der Waals surface area contributed by atoms with Gasteiger partial charge in [-0.2, -0.15) is 0 Å². The Kier molecular flexibility index (Phi) is 18.3. The molecule has 0 aliphatic carbocycles. The first-order chi connectivity index (χ1) is 11.7. The van der Waals surface area contributed by atoms with Gasteiger partial charge in [-0.3, -0.25) is 4.79 Å². The van der Waals surface area contributed by atoms with Crippen molar-refractivity contribution in [3.8, 4) is 0 Å². The topological polar surface area (TPSA) is 46.5 Å². The molecule has 0 aromatic heterocycles. The van der Waals surface area contributed by atoms with Gasteiger partial charge in [0.15, 0.2) is 0 Å². The van der Waals surface area contributed by atoms with Crippen LogP contribution in [0.5, 0.6) is 0 Å². The lowest BCUT2D eigenvalue weighted by atomic mass is 10.0. The summed E-state index contributed by atoms with van der Waals surface area (Å²) >= 11 is 0. The van der Waals surface area contributed by atoms with E-state index in [1.165, 1.54) is 57.8 Å². The lowest BCUT2D eigenvalue weighted by molar-refractivity contribution is -0.143. The Morgan fingerprint density at radius 2 is 1.25 bits per heavy atom. The average molecular weight is 343 g/mol. The number of aliphatic hydroxyl groups is 1. The van der Waals surface area contributed by atoms with Crippen molar-refractivity contribution < 1.29 is 14.6 Å². The largest absolute Gasteiger partial charge is 0.466 e. The third-order valence-corrected chi connectivity index (χ3v) is 4.51. The second-order valence-corrected chi connectivity index (χ2v) is 7.09. The zero-order valence-electron chi connectivity index (χ0n) is 16.4. The Morgan fingerprint density at radius 3 is 1.75 bits per heavy atom. The van der Waals surface area contributed by atoms with Crippen molar-refractivity contribution >= 4 is 5.97 Å². The number of aliphatic hydroxyl groups excluding tert-OH is 1. The van der Waals surface area contributed by atoms with E-state index in [1.807, 2.05) is 6.92 Å². The summed E-state index contributed by atoms with van der Waals surface area (Å²) in [6.07, 6.45) is 18.3. The van der Waals surface area contributed by atoms with Crippen LogP contribution in [0.15, 0.2) is 0 Å². The molecule has 0 spiro atoms. The van der Waals surface area contributed by atoms with Gasteiger partial charge < -0.3 is 9.84 Å². The number of carbonyl (C=O) groups excluding carboxylic acids is 1. The van der Waals surface area contributed by atoms with E-state index in [2.05, 4.69) is 6.92 Å². The lowest BCUT2D eigenvalue weighted by Crippen LogP contribution is -2.04. The normalized spacial score (nSPS) is 12.3. The molecule has 0 rings (SSSR count). The molecule has 3 nitrogen and oxygen atoms in total. The Balaban J connectivity index is 3.11. The highest BCUT2D eigenvalue weighted by atomic mass is 16.5. The summed E-state index contributed by atoms with van der Waals surface area (Å²) in [4.78, 5) is 11.3. The van der Waals surface area contributed by atoms with Crippen molar-refractivity contribution in [3.63, 3.8) is 0 Å². The second-order valence-electron chi connectivity index (χ2n) is 7.09. The molecular formula is C21H42O3. The van der Waals surface area contributed by atoms with E-state index in [0.717, 1.165) is 38.5 Å². The molecule has 0 radical (unpaired) electrons. The molecule has 0 saturated carbocycles. The van der Waals surface area contributed by atoms with Gasteiger partial charge in [0, 0.05) is 6.42 Å². The van der Waals surface area contributed by atoms with Crippen LogP contribution in [0.3, 0.4) is 0 Å². The Morgan fingerprint density at radius 1 is 0.750 bits per heavy atom. The Bertz CT molecular complexity index is 266. The third-order valence-electron chi connectivity index (χ3n) is 4.51. The first-order valence-electron chi connectivity index (χ1n) is 10.5. The van der Waals surface area contributed by atoms with E-state index in [1.54, 1.807) is 0 Å². The van der Waals surface area contributed by atoms with Crippen molar-refractivity contribution in [3.05, 3.63) is 0 Å². The summed E-state index contributed by atoms with van der Waals surface area (Å²) in [5, 5.41) is 9.65. The van der Waals surface area contributed by atoms with Crippen molar-refractivity contribution in [2.24, 2.45) is 0 Å². The molecular weight excluding hydrogens is 300 g/mol. The fourth-order valence-electron chi connectivity index (χ4n) is 3.01. The standard InChI is InChI=1S/C21H42O3/c1-3-16-20(22)17-14-12-10-8-6-5-7-9-11-13-15-18-21(23)24-19-4-2/h20,22H,3-19H2,1-2H3. The van der Waals surface area contributed by atoms with Crippen LogP contribution in [0, 0.1) is 0 Å². The molecule has 1 unspecified atom stereocenters. The predicted octanol–water partition coefficient (Wildman–Crippen LogP) is 6.17. The minimum Gasteiger partial charge on any atom is -0.466 e. The van der Waals surface area contributed by atoms with E-state index in [9.17, 15) is 9.90 Å². The first kappa shape index (κ1) is 23.4. The zero-order valence-corrected chi connectivity index (χ0v) is 16.4. The highest BCUT2D eigenvalue weighted by Gasteiger charge is 2.02. The molecule has 1 N–H and O–H groups in total. The number of unbranched alkanes of at least 4 members (excludes halogenated alkanes) is 10. The number of hydrogen-bond acceptors (Lipinski definition) is 3. The summed E-state index contributed by atoms with van der Waals surface area (Å²) < 4.78 is 5.06. The maximum absolute atomic E-state index is 11.3. The van der Waals surface area contributed by atoms with Crippen LogP contribution in [0.25, 0.3) is 0 Å². The Hall–Kier alpha value is -0.570. The molecule has 0 aliphatic heterocycles. The molecule has 1 atom stereocenters. The van der Waals surface area contributed by atoms with Gasteiger partial charge in [-0.05, 0) is 25.7 Å². The molecule has 0 heterocycles. The lowest BCUT2D eigenvalue weighted by Gasteiger charge is -2.08. The number of rotatable bonds is 18. The molecule has 0 amide bonds. The molecule has 0 aromatic carbocycles. The van der Waals surface area contributed by atoms with Gasteiger partial charge >= 0.3 is 5.97 Å². The van der Waals surface area contributed by atoms with Crippen molar-refractivity contribution in [2.45, 2.75) is 123 Å². The van der Waals surface area contributed by atoms with Gasteiger partial charge in [-0.15, -0.1) is 0 Å². The monoisotopic (exact) mass is 342 g/mol. The zero-order chi connectivity index (χ0) is 17.9. The van der Waals surface area contributed by atoms with Gasteiger partial charge in [-0.25, -0.2) is 0 Å². The average Bonchev–Trinajstić information content (AvgIpc) is 2.57. The van der Waals surface area contributed by atoms with E-state index >= 15 is 0 Å². The SMILES string of the molecule is CCCOC(=O)CCCCCCCCCCCCCC(O)CCC. The van der Waals surface area contributed by atoms with Crippen molar-refractivity contribution in [1.82, 2.24) is 0 Å². The van der Waals surface area contributed by atoms with Crippen molar-refractivity contribution in [2.75, 3.05) is 6.61 Å². The van der Waals surface area contributed by atoms with Crippen LogP contribution in [-0.4, -0.2) is 23.8 Å². The molecule has 3 heteroatoms. The summed E-state index contributed by atoms with van der Waals surface area (Å²) in [7, 11) is 0. The summed E-state index contributed by atoms with van der Waals surface area (Å²) in [5.41, 5.74) is 0. The highest BCUT2D eigenvalue weighted by molar-refractivity contribution is 5.69. The van der Waals surface area contributed by atoms with E-state index < -0.39 is 0 Å². The van der Waals surface area contributed by atoms with Gasteiger partial charge in [-0.1, -0.05) is 84.5 Å². The molecule has 0 fully saturated rings. The van der Waals surface area contributed by atoms with Crippen molar-refractivity contribution in [1.29, 1.82) is 0 Å². The van der Waals surface area contributed by atoms with Crippen LogP contribution in [0.2, 0.25) is 0 Å². The number of ether oxygens (including phenoxy) is 1.